The lowest BCUT2D eigenvalue weighted by atomic mass is 9.89. The fourth-order valence-electron chi connectivity index (χ4n) is 2.87. The van der Waals surface area contributed by atoms with Gasteiger partial charge in [-0.3, -0.25) is 9.59 Å². The number of hydrogen-bond acceptors (Lipinski definition) is 4. The summed E-state index contributed by atoms with van der Waals surface area (Å²) < 4.78 is 0. The van der Waals surface area contributed by atoms with Gasteiger partial charge in [0.15, 0.2) is 0 Å². The van der Waals surface area contributed by atoms with E-state index in [0.717, 1.165) is 18.0 Å². The lowest BCUT2D eigenvalue weighted by Gasteiger charge is -2.21. The number of carboxylic acids is 2. The molecule has 0 heterocycles. The first-order valence-electron chi connectivity index (χ1n) is 8.91. The molecule has 1 aliphatic rings. The highest BCUT2D eigenvalue weighted by Crippen LogP contribution is 2.22. The van der Waals surface area contributed by atoms with E-state index in [1.807, 2.05) is 37.3 Å². The van der Waals surface area contributed by atoms with Gasteiger partial charge in [-0.1, -0.05) is 49.6 Å². The van der Waals surface area contributed by atoms with Crippen molar-refractivity contribution in [1.29, 1.82) is 0 Å². The Balaban J connectivity index is 0.000000251. The maximum absolute atomic E-state index is 10.3. The van der Waals surface area contributed by atoms with E-state index in [1.165, 1.54) is 32.1 Å². The van der Waals surface area contributed by atoms with E-state index in [0.29, 0.717) is 0 Å². The maximum Gasteiger partial charge on any atom is 0.317 e. The molecule has 0 spiro atoms. The molecule has 6 heteroatoms. The number of rotatable bonds is 8. The summed E-state index contributed by atoms with van der Waals surface area (Å²) >= 11 is 0. The topological polar surface area (TPSA) is 98.7 Å². The number of carboxylic acid groups (broad SMARTS) is 2. The van der Waals surface area contributed by atoms with Gasteiger partial charge in [0.1, 0.15) is 0 Å². The smallest absolute Gasteiger partial charge is 0.317 e. The van der Waals surface area contributed by atoms with Gasteiger partial charge in [-0.2, -0.15) is 0 Å². The first kappa shape index (κ1) is 21.1. The average Bonchev–Trinajstić information content (AvgIpc) is 2.61. The first-order valence-corrected chi connectivity index (χ1v) is 8.91. The highest BCUT2D eigenvalue weighted by Gasteiger charge is 2.12. The largest absolute Gasteiger partial charge is 0.480 e. The fourth-order valence-corrected chi connectivity index (χ4v) is 2.87. The normalized spacial score (nSPS) is 15.7. The van der Waals surface area contributed by atoms with E-state index in [9.17, 15) is 9.59 Å². The molecule has 0 aliphatic heterocycles. The zero-order valence-corrected chi connectivity index (χ0v) is 14.9. The highest BCUT2D eigenvalue weighted by atomic mass is 16.4. The average molecular weight is 350 g/mol. The summed E-state index contributed by atoms with van der Waals surface area (Å²) in [4.78, 5) is 20.5. The molecule has 140 valence electrons. The molecular weight excluding hydrogens is 320 g/mol. The van der Waals surface area contributed by atoms with E-state index in [2.05, 4.69) is 10.6 Å². The van der Waals surface area contributed by atoms with E-state index in [4.69, 9.17) is 10.2 Å². The molecule has 1 atom stereocenters. The number of aliphatic carboxylic acids is 2. The molecule has 0 amide bonds. The summed E-state index contributed by atoms with van der Waals surface area (Å²) in [5, 5.41) is 22.7. The van der Waals surface area contributed by atoms with Crippen LogP contribution in [0.2, 0.25) is 0 Å². The van der Waals surface area contributed by atoms with Crippen LogP contribution in [0.1, 0.15) is 50.6 Å². The fraction of sp³-hybridized carbons (Fsp3) is 0.579. The van der Waals surface area contributed by atoms with Crippen LogP contribution < -0.4 is 10.6 Å². The Labute approximate surface area is 149 Å². The van der Waals surface area contributed by atoms with Crippen LogP contribution in [0.25, 0.3) is 0 Å². The van der Waals surface area contributed by atoms with Crippen molar-refractivity contribution in [2.45, 2.75) is 45.1 Å². The molecule has 25 heavy (non-hydrogen) atoms. The van der Waals surface area contributed by atoms with Gasteiger partial charge in [-0.25, -0.2) is 0 Å². The summed E-state index contributed by atoms with van der Waals surface area (Å²) in [6.45, 7) is 2.93. The summed E-state index contributed by atoms with van der Waals surface area (Å²) in [5.74, 6) is -0.869. The molecule has 1 aromatic rings. The van der Waals surface area contributed by atoms with E-state index < -0.39 is 11.9 Å². The van der Waals surface area contributed by atoms with Gasteiger partial charge < -0.3 is 20.8 Å². The third-order valence-electron chi connectivity index (χ3n) is 4.29. The second-order valence-corrected chi connectivity index (χ2v) is 6.44. The van der Waals surface area contributed by atoms with Gasteiger partial charge in [0, 0.05) is 6.04 Å². The molecule has 0 aromatic heterocycles. The summed E-state index contributed by atoms with van der Waals surface area (Å²) in [5.41, 5.74) is 1.10. The van der Waals surface area contributed by atoms with Crippen molar-refractivity contribution in [2.75, 3.05) is 19.6 Å². The third-order valence-corrected chi connectivity index (χ3v) is 4.29. The van der Waals surface area contributed by atoms with Crippen LogP contribution in [0.15, 0.2) is 30.3 Å². The molecule has 1 aromatic carbocycles. The van der Waals surface area contributed by atoms with Crippen molar-refractivity contribution >= 4 is 11.9 Å². The monoisotopic (exact) mass is 350 g/mol. The third kappa shape index (κ3) is 10.5. The molecular formula is C19H30N2O4. The van der Waals surface area contributed by atoms with Crippen molar-refractivity contribution in [1.82, 2.24) is 10.6 Å². The number of benzene rings is 1. The number of hydrogen-bond donors (Lipinski definition) is 4. The Morgan fingerprint density at radius 3 is 2.20 bits per heavy atom. The van der Waals surface area contributed by atoms with Gasteiger partial charge >= 0.3 is 11.9 Å². The Bertz CT molecular complexity index is 501. The number of carbonyl (C=O) groups is 2. The van der Waals surface area contributed by atoms with Crippen LogP contribution in [-0.4, -0.2) is 41.8 Å². The van der Waals surface area contributed by atoms with Gasteiger partial charge in [0.2, 0.25) is 0 Å². The van der Waals surface area contributed by atoms with Crippen molar-refractivity contribution in [3.05, 3.63) is 35.9 Å². The van der Waals surface area contributed by atoms with Gasteiger partial charge in [0.25, 0.3) is 0 Å². The predicted octanol–water partition coefficient (Wildman–Crippen LogP) is 2.66. The zero-order chi connectivity index (χ0) is 18.5. The zero-order valence-electron chi connectivity index (χ0n) is 14.9. The van der Waals surface area contributed by atoms with Crippen LogP contribution in [-0.2, 0) is 9.59 Å². The van der Waals surface area contributed by atoms with E-state index >= 15 is 0 Å². The molecule has 1 aliphatic carbocycles. The Kier molecular flexibility index (Phi) is 10.5. The Hall–Kier alpha value is -1.92. The first-order chi connectivity index (χ1) is 12.0. The van der Waals surface area contributed by atoms with Gasteiger partial charge in [-0.15, -0.1) is 0 Å². The minimum absolute atomic E-state index is 0.00391. The SMILES string of the molecule is C[C@H](NCC(=O)O)c1ccccc1.O=C(O)CNCC1CCCCC1. The lowest BCUT2D eigenvalue weighted by molar-refractivity contribution is -0.137. The van der Waals surface area contributed by atoms with Crippen molar-refractivity contribution < 1.29 is 19.8 Å². The summed E-state index contributed by atoms with van der Waals surface area (Å²) in [7, 11) is 0. The Morgan fingerprint density at radius 2 is 1.64 bits per heavy atom. The molecule has 0 radical (unpaired) electrons. The minimum Gasteiger partial charge on any atom is -0.480 e. The van der Waals surface area contributed by atoms with Crippen molar-refractivity contribution in [3.8, 4) is 0 Å². The minimum atomic E-state index is -0.831. The molecule has 4 N–H and O–H groups in total. The van der Waals surface area contributed by atoms with Crippen LogP contribution in [0.4, 0.5) is 0 Å². The molecule has 1 fully saturated rings. The highest BCUT2D eigenvalue weighted by molar-refractivity contribution is 5.69. The Morgan fingerprint density at radius 1 is 1.04 bits per heavy atom. The summed E-state index contributed by atoms with van der Waals surface area (Å²) in [6.07, 6.45) is 6.54. The summed E-state index contributed by atoms with van der Waals surface area (Å²) in [6, 6.07) is 9.84. The van der Waals surface area contributed by atoms with Gasteiger partial charge in [-0.05, 0) is 37.8 Å². The maximum atomic E-state index is 10.3. The molecule has 2 rings (SSSR count). The second kappa shape index (κ2) is 12.4. The molecule has 6 nitrogen and oxygen atoms in total. The molecule has 0 unspecified atom stereocenters. The van der Waals surface area contributed by atoms with Gasteiger partial charge in [0.05, 0.1) is 13.1 Å². The van der Waals surface area contributed by atoms with Crippen LogP contribution in [0.5, 0.6) is 0 Å². The quantitative estimate of drug-likeness (QED) is 0.575. The van der Waals surface area contributed by atoms with Crippen molar-refractivity contribution in [3.63, 3.8) is 0 Å². The van der Waals surface area contributed by atoms with Crippen LogP contribution in [0.3, 0.4) is 0 Å². The molecule has 0 saturated heterocycles. The van der Waals surface area contributed by atoms with Crippen LogP contribution in [0, 0.1) is 5.92 Å². The lowest BCUT2D eigenvalue weighted by Crippen LogP contribution is -2.29. The van der Waals surface area contributed by atoms with E-state index in [1.54, 1.807) is 0 Å². The second-order valence-electron chi connectivity index (χ2n) is 6.44. The predicted molar refractivity (Wildman–Crippen MR) is 97.6 cm³/mol. The number of nitrogens with one attached hydrogen (secondary N) is 2. The standard InChI is InChI=1S/C10H13NO2.C9H17NO2/c1-8(11-7-10(12)13)9-5-3-2-4-6-9;11-9(12)7-10-6-8-4-2-1-3-5-8/h2-6,8,11H,7H2,1H3,(H,12,13);8,10H,1-7H2,(H,11,12)/t8-;/m0./s1. The van der Waals surface area contributed by atoms with E-state index in [-0.39, 0.29) is 19.1 Å². The molecule has 0 bridgehead atoms. The van der Waals surface area contributed by atoms with Crippen molar-refractivity contribution in [2.24, 2.45) is 5.92 Å². The van der Waals surface area contributed by atoms with Crippen LogP contribution >= 0.6 is 0 Å². The molecule has 1 saturated carbocycles.